The van der Waals surface area contributed by atoms with Gasteiger partial charge in [-0.1, -0.05) is 0 Å². The molecule has 7 heteroatoms. The van der Waals surface area contributed by atoms with E-state index in [1.165, 1.54) is 24.5 Å². The highest BCUT2D eigenvalue weighted by atomic mass is 19.1. The van der Waals surface area contributed by atoms with Gasteiger partial charge in [-0.2, -0.15) is 5.10 Å². The number of halogens is 1. The van der Waals surface area contributed by atoms with Gasteiger partial charge in [-0.25, -0.2) is 14.4 Å². The Morgan fingerprint density at radius 3 is 2.95 bits per heavy atom. The lowest BCUT2D eigenvalue weighted by Crippen LogP contribution is -2.59. The fourth-order valence-electron chi connectivity index (χ4n) is 3.10. The molecule has 0 aromatic carbocycles. The first kappa shape index (κ1) is 13.4. The zero-order valence-electron chi connectivity index (χ0n) is 12.4. The zero-order valence-corrected chi connectivity index (χ0v) is 12.4. The van der Waals surface area contributed by atoms with Gasteiger partial charge in [0, 0.05) is 20.1 Å². The number of nitrogens with zero attached hydrogens (tertiary/aromatic N) is 6. The second-order valence-corrected chi connectivity index (χ2v) is 5.89. The Morgan fingerprint density at radius 2 is 2.14 bits per heavy atom. The molecular weight excluding hydrogens is 283 g/mol. The highest BCUT2D eigenvalue weighted by molar-refractivity contribution is 5.49. The van der Waals surface area contributed by atoms with Crippen LogP contribution < -0.4 is 9.80 Å². The minimum Gasteiger partial charge on any atom is -0.351 e. The Bertz CT molecular complexity index is 700. The normalized spacial score (nSPS) is 17.3. The maximum atomic E-state index is 13.7. The Balaban J connectivity index is 1.45. The molecule has 1 aliphatic heterocycles. The van der Waals surface area contributed by atoms with Crippen molar-refractivity contribution in [2.24, 2.45) is 0 Å². The predicted octanol–water partition coefficient (Wildman–Crippen LogP) is 1.22. The molecule has 1 aliphatic carbocycles. The van der Waals surface area contributed by atoms with Gasteiger partial charge < -0.3 is 9.80 Å². The van der Waals surface area contributed by atoms with E-state index in [0.29, 0.717) is 5.82 Å². The van der Waals surface area contributed by atoms with Crippen molar-refractivity contribution < 1.29 is 4.39 Å². The molecule has 4 rings (SSSR count). The van der Waals surface area contributed by atoms with Crippen molar-refractivity contribution in [3.63, 3.8) is 0 Å². The summed E-state index contributed by atoms with van der Waals surface area (Å²) in [6.45, 7) is 1.60. The smallest absolute Gasteiger partial charge is 0.183 e. The van der Waals surface area contributed by atoms with Crippen molar-refractivity contribution in [1.29, 1.82) is 0 Å². The molecule has 0 radical (unpaired) electrons. The Labute approximate surface area is 128 Å². The molecule has 114 valence electrons. The van der Waals surface area contributed by atoms with E-state index >= 15 is 0 Å². The molecule has 0 unspecified atom stereocenters. The van der Waals surface area contributed by atoms with E-state index in [9.17, 15) is 4.39 Å². The minimum atomic E-state index is -0.388. The van der Waals surface area contributed by atoms with Gasteiger partial charge in [-0.3, -0.25) is 0 Å². The molecule has 2 aromatic heterocycles. The summed E-state index contributed by atoms with van der Waals surface area (Å²) in [7, 11) is 1.86. The summed E-state index contributed by atoms with van der Waals surface area (Å²) >= 11 is 0. The third kappa shape index (κ3) is 2.17. The molecule has 0 atom stereocenters. The quantitative estimate of drug-likeness (QED) is 0.849. The van der Waals surface area contributed by atoms with Gasteiger partial charge in [0.25, 0.3) is 0 Å². The van der Waals surface area contributed by atoms with Crippen LogP contribution in [0.4, 0.5) is 16.0 Å². The number of aromatic nitrogens is 4. The number of rotatable bonds is 3. The molecule has 1 saturated heterocycles. The summed E-state index contributed by atoms with van der Waals surface area (Å²) in [6.07, 6.45) is 5.88. The summed E-state index contributed by atoms with van der Waals surface area (Å²) in [4.78, 5) is 11.7. The minimum absolute atomic E-state index is 0.222. The first-order valence-corrected chi connectivity index (χ1v) is 7.51. The van der Waals surface area contributed by atoms with Crippen molar-refractivity contribution in [2.75, 3.05) is 29.9 Å². The van der Waals surface area contributed by atoms with Crippen molar-refractivity contribution in [3.05, 3.63) is 35.7 Å². The van der Waals surface area contributed by atoms with Gasteiger partial charge in [0.1, 0.15) is 6.33 Å². The number of fused-ring (bicyclic) bond motifs is 1. The summed E-state index contributed by atoms with van der Waals surface area (Å²) in [5.41, 5.74) is 2.46. The SMILES string of the molecule is CN(c1ncncc1F)C1CN(c2cc3c(nn2)CCC3)C1. The maximum Gasteiger partial charge on any atom is 0.183 e. The second kappa shape index (κ2) is 5.15. The predicted molar refractivity (Wildman–Crippen MR) is 80.5 cm³/mol. The van der Waals surface area contributed by atoms with Crippen LogP contribution >= 0.6 is 0 Å². The van der Waals surface area contributed by atoms with E-state index in [-0.39, 0.29) is 11.9 Å². The number of likely N-dealkylation sites (N-methyl/N-ethyl adjacent to an activating group) is 1. The summed E-state index contributed by atoms with van der Waals surface area (Å²) in [5.74, 6) is 0.883. The van der Waals surface area contributed by atoms with Crippen molar-refractivity contribution in [3.8, 4) is 0 Å². The van der Waals surface area contributed by atoms with E-state index in [1.54, 1.807) is 0 Å². The third-order valence-corrected chi connectivity index (χ3v) is 4.52. The molecule has 2 aromatic rings. The van der Waals surface area contributed by atoms with Crippen LogP contribution in [0.3, 0.4) is 0 Å². The zero-order chi connectivity index (χ0) is 15.1. The van der Waals surface area contributed by atoms with E-state index in [2.05, 4.69) is 31.1 Å². The lowest BCUT2D eigenvalue weighted by molar-refractivity contribution is 0.478. The van der Waals surface area contributed by atoms with Crippen LogP contribution in [0.2, 0.25) is 0 Å². The lowest BCUT2D eigenvalue weighted by atomic mass is 10.1. The van der Waals surface area contributed by atoms with Crippen LogP contribution in [0.1, 0.15) is 17.7 Å². The third-order valence-electron chi connectivity index (χ3n) is 4.52. The molecular formula is C15H17FN6. The fraction of sp³-hybridized carbons (Fsp3) is 0.467. The van der Waals surface area contributed by atoms with Crippen molar-refractivity contribution >= 4 is 11.6 Å². The van der Waals surface area contributed by atoms with E-state index in [1.807, 2.05) is 11.9 Å². The Kier molecular flexibility index (Phi) is 3.13. The van der Waals surface area contributed by atoms with Crippen LogP contribution in [0.5, 0.6) is 0 Å². The molecule has 0 N–H and O–H groups in total. The standard InChI is InChI=1S/C15H17FN6/c1-21(15-12(16)6-17-9-18-15)11-7-22(8-11)14-5-10-3-2-4-13(10)19-20-14/h5-6,9,11H,2-4,7-8H2,1H3. The molecule has 1 fully saturated rings. The van der Waals surface area contributed by atoms with Gasteiger partial charge in [-0.15, -0.1) is 5.10 Å². The number of hydrogen-bond acceptors (Lipinski definition) is 6. The first-order valence-electron chi connectivity index (χ1n) is 7.51. The molecule has 2 aliphatic rings. The number of aryl methyl sites for hydroxylation is 2. The molecule has 0 amide bonds. The van der Waals surface area contributed by atoms with Crippen molar-refractivity contribution in [1.82, 2.24) is 20.2 Å². The van der Waals surface area contributed by atoms with Gasteiger partial charge in [0.05, 0.1) is 17.9 Å². The van der Waals surface area contributed by atoms with Crippen LogP contribution in [0, 0.1) is 5.82 Å². The number of anilines is 2. The Morgan fingerprint density at radius 1 is 1.27 bits per heavy atom. The van der Waals surface area contributed by atoms with E-state index in [4.69, 9.17) is 0 Å². The summed E-state index contributed by atoms with van der Waals surface area (Å²) in [6, 6.07) is 2.37. The average Bonchev–Trinajstić information content (AvgIpc) is 2.93. The monoisotopic (exact) mass is 300 g/mol. The highest BCUT2D eigenvalue weighted by Gasteiger charge is 2.33. The molecule has 22 heavy (non-hydrogen) atoms. The number of hydrogen-bond donors (Lipinski definition) is 0. The largest absolute Gasteiger partial charge is 0.351 e. The van der Waals surface area contributed by atoms with E-state index in [0.717, 1.165) is 37.4 Å². The van der Waals surface area contributed by atoms with Crippen LogP contribution in [0.15, 0.2) is 18.6 Å². The first-order chi connectivity index (χ1) is 10.7. The van der Waals surface area contributed by atoms with Crippen LogP contribution in [-0.2, 0) is 12.8 Å². The van der Waals surface area contributed by atoms with Gasteiger partial charge in [-0.05, 0) is 30.9 Å². The lowest BCUT2D eigenvalue weighted by Gasteiger charge is -2.44. The van der Waals surface area contributed by atoms with Gasteiger partial charge >= 0.3 is 0 Å². The van der Waals surface area contributed by atoms with Crippen LogP contribution in [0.25, 0.3) is 0 Å². The van der Waals surface area contributed by atoms with E-state index < -0.39 is 0 Å². The van der Waals surface area contributed by atoms with Crippen molar-refractivity contribution in [2.45, 2.75) is 25.3 Å². The fourth-order valence-corrected chi connectivity index (χ4v) is 3.10. The average molecular weight is 300 g/mol. The summed E-state index contributed by atoms with van der Waals surface area (Å²) < 4.78 is 13.7. The molecule has 0 saturated carbocycles. The molecule has 0 spiro atoms. The van der Waals surface area contributed by atoms with Gasteiger partial charge in [0.2, 0.25) is 0 Å². The van der Waals surface area contributed by atoms with Crippen LogP contribution in [-0.4, -0.2) is 46.3 Å². The molecule has 0 bridgehead atoms. The highest BCUT2D eigenvalue weighted by Crippen LogP contribution is 2.28. The maximum absolute atomic E-state index is 13.7. The van der Waals surface area contributed by atoms with Gasteiger partial charge in [0.15, 0.2) is 17.5 Å². The second-order valence-electron chi connectivity index (χ2n) is 5.89. The Hall–Kier alpha value is -2.31. The topological polar surface area (TPSA) is 58.0 Å². The molecule has 3 heterocycles. The summed E-state index contributed by atoms with van der Waals surface area (Å²) in [5, 5.41) is 8.63. The molecule has 6 nitrogen and oxygen atoms in total.